The van der Waals surface area contributed by atoms with Gasteiger partial charge in [-0.25, -0.2) is 5.06 Å². The molecule has 5 rings (SSSR count). The number of hydrogen-bond donors (Lipinski definition) is 0. The van der Waals surface area contributed by atoms with Crippen LogP contribution < -0.4 is 5.06 Å². The number of anilines is 1. The number of Topliss-reactive ketones (excluding diaryl/α,β-unsaturated/α-hetero) is 1. The maximum atomic E-state index is 13.5. The van der Waals surface area contributed by atoms with Crippen LogP contribution in [0.1, 0.15) is 23.2 Å². The smallest absolute Gasteiger partial charge is 0.188 e. The van der Waals surface area contributed by atoms with Gasteiger partial charge in [0.25, 0.3) is 0 Å². The molecule has 0 spiro atoms. The van der Waals surface area contributed by atoms with Gasteiger partial charge in [-0.15, -0.1) is 11.6 Å². The van der Waals surface area contributed by atoms with Gasteiger partial charge in [-0.05, 0) is 43.0 Å². The van der Waals surface area contributed by atoms with E-state index in [1.54, 1.807) is 0 Å². The number of benzene rings is 2. The topological polar surface area (TPSA) is 29.5 Å². The van der Waals surface area contributed by atoms with E-state index in [0.29, 0.717) is 11.8 Å². The molecule has 0 radical (unpaired) electrons. The van der Waals surface area contributed by atoms with Crippen molar-refractivity contribution in [1.29, 1.82) is 0 Å². The van der Waals surface area contributed by atoms with Gasteiger partial charge in [0.05, 0.1) is 11.8 Å². The predicted octanol–water partition coefficient (Wildman–Crippen LogP) is 5.08. The number of carbonyl (C=O) groups excluding carboxylic acids is 1. The van der Waals surface area contributed by atoms with Gasteiger partial charge in [0.15, 0.2) is 5.78 Å². The molecule has 0 aromatic heterocycles. The second-order valence-electron chi connectivity index (χ2n) is 7.54. The van der Waals surface area contributed by atoms with Crippen molar-refractivity contribution in [2.45, 2.75) is 30.4 Å². The van der Waals surface area contributed by atoms with Crippen molar-refractivity contribution in [3.05, 3.63) is 64.6 Å². The summed E-state index contributed by atoms with van der Waals surface area (Å²) in [5, 5.41) is 2.02. The summed E-state index contributed by atoms with van der Waals surface area (Å²) in [6.45, 7) is 0. The van der Waals surface area contributed by atoms with Gasteiger partial charge in [-0.2, -0.15) is 0 Å². The van der Waals surface area contributed by atoms with Crippen molar-refractivity contribution in [3.63, 3.8) is 0 Å². The normalized spacial score (nSPS) is 34.9. The first-order chi connectivity index (χ1) is 12.6. The average Bonchev–Trinajstić information content (AvgIpc) is 3.32. The third-order valence-corrected chi connectivity index (χ3v) is 7.20. The Balaban J connectivity index is 1.54. The first-order valence-corrected chi connectivity index (χ1v) is 10.3. The lowest BCUT2D eigenvalue weighted by molar-refractivity contribution is 0.0371. The second kappa shape index (κ2) is 6.36. The van der Waals surface area contributed by atoms with Gasteiger partial charge < -0.3 is 0 Å². The summed E-state index contributed by atoms with van der Waals surface area (Å²) < 4.78 is 0.972. The van der Waals surface area contributed by atoms with Crippen molar-refractivity contribution in [2.24, 2.45) is 17.8 Å². The largest absolute Gasteiger partial charge is 0.292 e. The Morgan fingerprint density at radius 2 is 1.81 bits per heavy atom. The Morgan fingerprint density at radius 1 is 1.08 bits per heavy atom. The molecule has 134 valence electrons. The van der Waals surface area contributed by atoms with E-state index in [0.717, 1.165) is 28.6 Å². The van der Waals surface area contributed by atoms with E-state index in [1.165, 1.54) is 0 Å². The number of ketones is 1. The van der Waals surface area contributed by atoms with Crippen LogP contribution in [-0.2, 0) is 4.84 Å². The first-order valence-electron chi connectivity index (χ1n) is 9.08. The summed E-state index contributed by atoms with van der Waals surface area (Å²) >= 11 is 9.99. The molecule has 2 aliphatic carbocycles. The molecule has 5 heteroatoms. The van der Waals surface area contributed by atoms with Gasteiger partial charge in [-0.1, -0.05) is 46.3 Å². The summed E-state index contributed by atoms with van der Waals surface area (Å²) in [5.74, 6) is 1.16. The third-order valence-electron chi connectivity index (χ3n) is 6.17. The SMILES string of the molecule is O=C(c1ccc(Br)cc1)[C@@H]1[C@@H]2[C@@H]3C[C@H]([C@@H]2ON1c1ccccc1)[C@@H](Cl)C3. The van der Waals surface area contributed by atoms with E-state index in [-0.39, 0.29) is 29.2 Å². The van der Waals surface area contributed by atoms with Crippen LogP contribution in [-0.4, -0.2) is 23.3 Å². The number of para-hydroxylation sites is 1. The van der Waals surface area contributed by atoms with Crippen LogP contribution in [0, 0.1) is 17.8 Å². The molecule has 0 N–H and O–H groups in total. The van der Waals surface area contributed by atoms with Crippen molar-refractivity contribution in [1.82, 2.24) is 0 Å². The highest BCUT2D eigenvalue weighted by Gasteiger charge is 2.62. The maximum absolute atomic E-state index is 13.5. The summed E-state index contributed by atoms with van der Waals surface area (Å²) in [6, 6.07) is 17.3. The van der Waals surface area contributed by atoms with E-state index >= 15 is 0 Å². The molecule has 6 atom stereocenters. The van der Waals surface area contributed by atoms with Gasteiger partial charge in [0.2, 0.25) is 0 Å². The second-order valence-corrected chi connectivity index (χ2v) is 9.01. The predicted molar refractivity (Wildman–Crippen MR) is 105 cm³/mol. The molecule has 1 heterocycles. The molecule has 0 unspecified atom stereocenters. The van der Waals surface area contributed by atoms with E-state index in [9.17, 15) is 4.79 Å². The Morgan fingerprint density at radius 3 is 2.54 bits per heavy atom. The lowest BCUT2D eigenvalue weighted by Crippen LogP contribution is -2.42. The number of alkyl halides is 1. The third kappa shape index (κ3) is 2.54. The minimum Gasteiger partial charge on any atom is -0.292 e. The fraction of sp³-hybridized carbons (Fsp3) is 0.381. The summed E-state index contributed by atoms with van der Waals surface area (Å²) in [7, 11) is 0. The fourth-order valence-electron chi connectivity index (χ4n) is 5.07. The summed E-state index contributed by atoms with van der Waals surface area (Å²) in [5.41, 5.74) is 1.66. The number of nitrogens with zero attached hydrogens (tertiary/aromatic N) is 1. The zero-order chi connectivity index (χ0) is 17.8. The van der Waals surface area contributed by atoms with Crippen LogP contribution >= 0.6 is 27.5 Å². The summed E-state index contributed by atoms with van der Waals surface area (Å²) in [6.07, 6.45) is 2.11. The molecular formula is C21H19BrClNO2. The highest BCUT2D eigenvalue weighted by atomic mass is 79.9. The molecule has 1 aliphatic heterocycles. The van der Waals surface area contributed by atoms with Crippen molar-refractivity contribution in [2.75, 3.05) is 5.06 Å². The van der Waals surface area contributed by atoms with Gasteiger partial charge >= 0.3 is 0 Å². The van der Waals surface area contributed by atoms with Gasteiger partial charge in [-0.3, -0.25) is 9.63 Å². The zero-order valence-corrected chi connectivity index (χ0v) is 16.4. The Kier molecular flexibility index (Phi) is 4.11. The number of carbonyl (C=O) groups is 1. The molecule has 2 bridgehead atoms. The highest BCUT2D eigenvalue weighted by Crippen LogP contribution is 2.57. The molecule has 26 heavy (non-hydrogen) atoms. The average molecular weight is 433 g/mol. The van der Waals surface area contributed by atoms with E-state index in [2.05, 4.69) is 15.9 Å². The molecule has 3 aliphatic rings. The van der Waals surface area contributed by atoms with E-state index in [4.69, 9.17) is 16.4 Å². The molecule has 3 fully saturated rings. The fourth-order valence-corrected chi connectivity index (χ4v) is 5.81. The van der Waals surface area contributed by atoms with Gasteiger partial charge in [0, 0.05) is 27.2 Å². The van der Waals surface area contributed by atoms with Crippen molar-refractivity contribution in [3.8, 4) is 0 Å². The van der Waals surface area contributed by atoms with Crippen LogP contribution in [0.4, 0.5) is 5.69 Å². The number of hydroxylamine groups is 1. The lowest BCUT2D eigenvalue weighted by atomic mass is 9.79. The van der Waals surface area contributed by atoms with Crippen molar-refractivity contribution >= 4 is 39.0 Å². The number of rotatable bonds is 3. The van der Waals surface area contributed by atoms with Crippen molar-refractivity contribution < 1.29 is 9.63 Å². The van der Waals surface area contributed by atoms with Crippen LogP contribution in [0.25, 0.3) is 0 Å². The molecule has 2 saturated carbocycles. The minimum atomic E-state index is -0.289. The highest BCUT2D eigenvalue weighted by molar-refractivity contribution is 9.10. The zero-order valence-electron chi connectivity index (χ0n) is 14.1. The maximum Gasteiger partial charge on any atom is 0.188 e. The lowest BCUT2D eigenvalue weighted by Gasteiger charge is -2.28. The Bertz CT molecular complexity index is 828. The number of halogens is 2. The van der Waals surface area contributed by atoms with Crippen LogP contribution in [0.3, 0.4) is 0 Å². The molecule has 0 amide bonds. The molecule has 1 saturated heterocycles. The van der Waals surface area contributed by atoms with E-state index in [1.807, 2.05) is 59.7 Å². The van der Waals surface area contributed by atoms with E-state index < -0.39 is 0 Å². The monoisotopic (exact) mass is 431 g/mol. The Labute approximate surface area is 166 Å². The number of hydrogen-bond acceptors (Lipinski definition) is 3. The van der Waals surface area contributed by atoms with Crippen LogP contribution in [0.5, 0.6) is 0 Å². The Hall–Kier alpha value is -1.36. The molecular weight excluding hydrogens is 414 g/mol. The first kappa shape index (κ1) is 16.8. The molecule has 2 aromatic carbocycles. The standard InChI is InChI=1S/C21H19BrClNO2/c22-14-8-6-12(7-9-14)20(25)19-18-13-10-16(17(23)11-13)21(18)26-24(19)15-4-2-1-3-5-15/h1-9,13,16-19,21H,10-11H2/t13-,16+,17+,18+,19+,21+/m1/s1. The summed E-state index contributed by atoms with van der Waals surface area (Å²) in [4.78, 5) is 19.8. The van der Waals surface area contributed by atoms with Crippen LogP contribution in [0.2, 0.25) is 0 Å². The molecule has 2 aromatic rings. The molecule has 3 nitrogen and oxygen atoms in total. The minimum absolute atomic E-state index is 0.0425. The quantitative estimate of drug-likeness (QED) is 0.500. The van der Waals surface area contributed by atoms with Gasteiger partial charge in [0.1, 0.15) is 6.04 Å². The number of fused-ring (bicyclic) bond motifs is 5. The van der Waals surface area contributed by atoms with Crippen LogP contribution in [0.15, 0.2) is 59.1 Å².